The van der Waals surface area contributed by atoms with Gasteiger partial charge in [0.2, 0.25) is 0 Å². The zero-order valence-electron chi connectivity index (χ0n) is 8.31. The Balaban J connectivity index is 0. The van der Waals surface area contributed by atoms with Crippen LogP contribution in [0.5, 0.6) is 0 Å². The SMILES string of the molecule is Cc1ccc(N)cc1.O=S(O)O.O=S(O)O. The summed E-state index contributed by atoms with van der Waals surface area (Å²) in [5.74, 6) is 0. The monoisotopic (exact) mass is 271 g/mol. The predicted octanol–water partition coefficient (Wildman–Crippen LogP) is 0.939. The van der Waals surface area contributed by atoms with Gasteiger partial charge in [-0.2, -0.15) is 8.42 Å². The molecule has 0 saturated heterocycles. The van der Waals surface area contributed by atoms with Crippen molar-refractivity contribution in [3.05, 3.63) is 29.8 Å². The zero-order chi connectivity index (χ0) is 13.1. The van der Waals surface area contributed by atoms with Crippen LogP contribution in [-0.4, -0.2) is 26.6 Å². The standard InChI is InChI=1S/C7H9N.2H2O3S/c1-6-2-4-7(8)5-3-6;2*1-4(2)3/h2-5H,8H2,1H3;2*(H2,1,2,3). The van der Waals surface area contributed by atoms with Gasteiger partial charge in [-0.3, -0.25) is 18.2 Å². The van der Waals surface area contributed by atoms with Gasteiger partial charge in [0.15, 0.2) is 0 Å². The summed E-state index contributed by atoms with van der Waals surface area (Å²) in [6.07, 6.45) is 0. The van der Waals surface area contributed by atoms with E-state index in [1.165, 1.54) is 5.56 Å². The van der Waals surface area contributed by atoms with Crippen molar-refractivity contribution in [2.24, 2.45) is 0 Å². The van der Waals surface area contributed by atoms with Gasteiger partial charge in [-0.05, 0) is 19.1 Å². The Morgan fingerprint density at radius 1 is 0.938 bits per heavy atom. The molecule has 1 aromatic rings. The summed E-state index contributed by atoms with van der Waals surface area (Å²) >= 11 is -5.22. The minimum Gasteiger partial charge on any atom is -0.399 e. The lowest BCUT2D eigenvalue weighted by Gasteiger charge is -1.90. The molecule has 9 heteroatoms. The molecule has 0 amide bonds. The van der Waals surface area contributed by atoms with Crippen molar-refractivity contribution in [3.63, 3.8) is 0 Å². The number of nitrogen functional groups attached to an aromatic ring is 1. The first kappa shape index (κ1) is 17.6. The van der Waals surface area contributed by atoms with E-state index >= 15 is 0 Å². The Kier molecular flexibility index (Phi) is 11.7. The van der Waals surface area contributed by atoms with Crippen LogP contribution >= 0.6 is 0 Å². The van der Waals surface area contributed by atoms with Crippen molar-refractivity contribution in [2.45, 2.75) is 6.92 Å². The van der Waals surface area contributed by atoms with Crippen LogP contribution in [0.4, 0.5) is 5.69 Å². The molecule has 0 aliphatic rings. The van der Waals surface area contributed by atoms with Gasteiger partial charge in [0.1, 0.15) is 0 Å². The third kappa shape index (κ3) is 23.2. The van der Waals surface area contributed by atoms with Crippen LogP contribution in [0.2, 0.25) is 0 Å². The fourth-order valence-electron chi connectivity index (χ4n) is 0.566. The Morgan fingerprint density at radius 3 is 1.38 bits per heavy atom. The predicted molar refractivity (Wildman–Crippen MR) is 62.4 cm³/mol. The maximum absolute atomic E-state index is 8.67. The topological polar surface area (TPSA) is 141 Å². The van der Waals surface area contributed by atoms with Crippen molar-refractivity contribution in [1.29, 1.82) is 0 Å². The van der Waals surface area contributed by atoms with Crippen LogP contribution < -0.4 is 5.73 Å². The Bertz CT molecular complexity index is 287. The van der Waals surface area contributed by atoms with E-state index in [1.807, 2.05) is 31.2 Å². The lowest BCUT2D eigenvalue weighted by molar-refractivity contribution is 0.452. The van der Waals surface area contributed by atoms with Crippen LogP contribution in [0.1, 0.15) is 5.56 Å². The molecule has 0 unspecified atom stereocenters. The minimum atomic E-state index is -2.61. The third-order valence-electron chi connectivity index (χ3n) is 1.08. The molecule has 0 bridgehead atoms. The van der Waals surface area contributed by atoms with E-state index < -0.39 is 22.7 Å². The molecule has 0 aliphatic heterocycles. The van der Waals surface area contributed by atoms with Gasteiger partial charge in [-0.15, -0.1) is 0 Å². The molecule has 0 saturated carbocycles. The Morgan fingerprint density at radius 2 is 1.19 bits per heavy atom. The van der Waals surface area contributed by atoms with Crippen molar-refractivity contribution in [1.82, 2.24) is 0 Å². The van der Waals surface area contributed by atoms with Crippen molar-refractivity contribution < 1.29 is 26.6 Å². The van der Waals surface area contributed by atoms with E-state index in [-0.39, 0.29) is 0 Å². The largest absolute Gasteiger partial charge is 0.399 e. The molecule has 16 heavy (non-hydrogen) atoms. The van der Waals surface area contributed by atoms with Crippen LogP contribution in [0, 0.1) is 6.92 Å². The van der Waals surface area contributed by atoms with E-state index in [9.17, 15) is 0 Å². The highest BCUT2D eigenvalue weighted by molar-refractivity contribution is 7.73. The molecule has 1 rings (SSSR count). The van der Waals surface area contributed by atoms with Gasteiger partial charge in [-0.1, -0.05) is 17.7 Å². The van der Waals surface area contributed by atoms with Crippen molar-refractivity contribution >= 4 is 28.4 Å². The van der Waals surface area contributed by atoms with Crippen LogP contribution in [0.25, 0.3) is 0 Å². The van der Waals surface area contributed by atoms with Crippen molar-refractivity contribution in [2.75, 3.05) is 5.73 Å². The lowest BCUT2D eigenvalue weighted by atomic mass is 10.2. The first-order valence-electron chi connectivity index (χ1n) is 3.67. The molecule has 6 N–H and O–H groups in total. The second kappa shape index (κ2) is 10.7. The summed E-state index contributed by atoms with van der Waals surface area (Å²) in [6.45, 7) is 2.04. The quantitative estimate of drug-likeness (QED) is 0.349. The van der Waals surface area contributed by atoms with Crippen LogP contribution in [-0.2, 0) is 22.7 Å². The molecule has 0 radical (unpaired) electrons. The molecule has 0 heterocycles. The molecule has 0 atom stereocenters. The number of anilines is 1. The highest BCUT2D eigenvalue weighted by Gasteiger charge is 1.80. The van der Waals surface area contributed by atoms with E-state index in [4.69, 9.17) is 32.4 Å². The Labute approximate surface area is 97.9 Å². The lowest BCUT2D eigenvalue weighted by Crippen LogP contribution is -1.81. The Hall–Kier alpha value is -0.840. The van der Waals surface area contributed by atoms with E-state index in [1.54, 1.807) is 0 Å². The molecular formula is C7H13NO6S2. The zero-order valence-corrected chi connectivity index (χ0v) is 9.94. The minimum absolute atomic E-state index is 0.829. The third-order valence-corrected chi connectivity index (χ3v) is 1.08. The van der Waals surface area contributed by atoms with E-state index in [0.717, 1.165) is 5.69 Å². The van der Waals surface area contributed by atoms with Gasteiger partial charge >= 0.3 is 0 Å². The summed E-state index contributed by atoms with van der Waals surface area (Å²) in [5, 5.41) is 0. The number of hydrogen-bond donors (Lipinski definition) is 5. The fraction of sp³-hybridized carbons (Fsp3) is 0.143. The van der Waals surface area contributed by atoms with Gasteiger partial charge in [-0.25, -0.2) is 0 Å². The molecule has 1 aromatic carbocycles. The molecular weight excluding hydrogens is 258 g/mol. The molecule has 0 fully saturated rings. The van der Waals surface area contributed by atoms with Gasteiger partial charge < -0.3 is 5.73 Å². The van der Waals surface area contributed by atoms with Gasteiger partial charge in [0.05, 0.1) is 0 Å². The highest BCUT2D eigenvalue weighted by Crippen LogP contribution is 2.02. The maximum Gasteiger partial charge on any atom is 0.299 e. The van der Waals surface area contributed by atoms with E-state index in [0.29, 0.717) is 0 Å². The average Bonchev–Trinajstić information content (AvgIpc) is 2.08. The number of benzene rings is 1. The first-order valence-corrected chi connectivity index (χ1v) is 5.80. The number of rotatable bonds is 0. The second-order valence-corrected chi connectivity index (χ2v) is 3.30. The smallest absolute Gasteiger partial charge is 0.299 e. The van der Waals surface area contributed by atoms with Crippen LogP contribution in [0.15, 0.2) is 24.3 Å². The molecule has 0 aromatic heterocycles. The van der Waals surface area contributed by atoms with E-state index in [2.05, 4.69) is 0 Å². The second-order valence-electron chi connectivity index (χ2n) is 2.37. The number of aryl methyl sites for hydroxylation is 1. The maximum atomic E-state index is 8.67. The van der Waals surface area contributed by atoms with Gasteiger partial charge in [0.25, 0.3) is 22.7 Å². The number of nitrogens with two attached hydrogens (primary N) is 1. The van der Waals surface area contributed by atoms with Gasteiger partial charge in [0, 0.05) is 5.69 Å². The summed E-state index contributed by atoms with van der Waals surface area (Å²) in [7, 11) is 0. The summed E-state index contributed by atoms with van der Waals surface area (Å²) in [6, 6.07) is 7.79. The number of hydrogen-bond acceptors (Lipinski definition) is 3. The highest BCUT2D eigenvalue weighted by atomic mass is 32.2. The van der Waals surface area contributed by atoms with Crippen LogP contribution in [0.3, 0.4) is 0 Å². The fourth-order valence-corrected chi connectivity index (χ4v) is 0.566. The summed E-state index contributed by atoms with van der Waals surface area (Å²) < 4.78 is 45.7. The average molecular weight is 271 g/mol. The summed E-state index contributed by atoms with van der Waals surface area (Å²) in [4.78, 5) is 0. The first-order chi connectivity index (χ1) is 7.25. The normalized spacial score (nSPS) is 8.94. The van der Waals surface area contributed by atoms with Crippen molar-refractivity contribution in [3.8, 4) is 0 Å². The molecule has 0 spiro atoms. The molecule has 94 valence electrons. The molecule has 0 aliphatic carbocycles. The summed E-state index contributed by atoms with van der Waals surface area (Å²) in [5.41, 5.74) is 7.51. The molecule has 7 nitrogen and oxygen atoms in total.